The molecule has 86 valence electrons. The largest absolute Gasteiger partial charge is 0.391 e. The number of aryl methyl sites for hydroxylation is 1. The maximum absolute atomic E-state index is 11.9. The molecule has 1 heterocycles. The smallest absolute Gasteiger partial charge is 0.242 e. The van der Waals surface area contributed by atoms with Gasteiger partial charge in [-0.3, -0.25) is 0 Å². The normalized spacial score (nSPS) is 12.3. The van der Waals surface area contributed by atoms with Gasteiger partial charge in [0.05, 0.1) is 11.5 Å². The first kappa shape index (κ1) is 12.6. The third-order valence-electron chi connectivity index (χ3n) is 1.79. The standard InChI is InChI=1S/C9H15NO3S2/c1-6(2)10-15(12,13)9-7(3)5-14-8(9)4-11/h5-6,10-11H,4H2,1-3H3. The average molecular weight is 249 g/mol. The summed E-state index contributed by atoms with van der Waals surface area (Å²) in [5, 5.41) is 10.8. The van der Waals surface area contributed by atoms with Crippen LogP contribution in [-0.2, 0) is 16.6 Å². The molecule has 0 unspecified atom stereocenters. The fraction of sp³-hybridized carbons (Fsp3) is 0.556. The van der Waals surface area contributed by atoms with Crippen molar-refractivity contribution in [2.24, 2.45) is 0 Å². The summed E-state index contributed by atoms with van der Waals surface area (Å²) in [6, 6.07) is -0.152. The quantitative estimate of drug-likeness (QED) is 0.843. The maximum atomic E-state index is 11.9. The molecule has 0 bridgehead atoms. The van der Waals surface area contributed by atoms with Crippen LogP contribution < -0.4 is 4.72 Å². The van der Waals surface area contributed by atoms with Crippen LogP contribution in [-0.4, -0.2) is 19.6 Å². The number of nitrogens with one attached hydrogen (secondary N) is 1. The first-order valence-electron chi connectivity index (χ1n) is 4.58. The summed E-state index contributed by atoms with van der Waals surface area (Å²) in [5.41, 5.74) is 0.678. The van der Waals surface area contributed by atoms with Gasteiger partial charge in [0.2, 0.25) is 10.0 Å². The molecule has 15 heavy (non-hydrogen) atoms. The second-order valence-electron chi connectivity index (χ2n) is 3.61. The first-order chi connectivity index (χ1) is 6.88. The predicted octanol–water partition coefficient (Wildman–Crippen LogP) is 1.24. The number of aliphatic hydroxyl groups excluding tert-OH is 1. The van der Waals surface area contributed by atoms with Gasteiger partial charge in [-0.15, -0.1) is 11.3 Å². The molecular weight excluding hydrogens is 234 g/mol. The summed E-state index contributed by atoms with van der Waals surface area (Å²) in [4.78, 5) is 0.712. The fourth-order valence-corrected chi connectivity index (χ4v) is 4.24. The Hall–Kier alpha value is -0.430. The summed E-state index contributed by atoms with van der Waals surface area (Å²) >= 11 is 1.26. The van der Waals surface area contributed by atoms with Crippen molar-refractivity contribution in [3.05, 3.63) is 15.8 Å². The van der Waals surface area contributed by atoms with E-state index in [-0.39, 0.29) is 17.5 Å². The van der Waals surface area contributed by atoms with Crippen molar-refractivity contribution < 1.29 is 13.5 Å². The minimum Gasteiger partial charge on any atom is -0.391 e. The molecule has 2 N–H and O–H groups in total. The zero-order valence-corrected chi connectivity index (χ0v) is 10.6. The van der Waals surface area contributed by atoms with Crippen LogP contribution in [0, 0.1) is 6.92 Å². The molecule has 6 heteroatoms. The highest BCUT2D eigenvalue weighted by Gasteiger charge is 2.23. The molecule has 0 atom stereocenters. The highest BCUT2D eigenvalue weighted by molar-refractivity contribution is 7.89. The van der Waals surface area contributed by atoms with Gasteiger partial charge in [0.25, 0.3) is 0 Å². The van der Waals surface area contributed by atoms with Crippen LogP contribution in [0.3, 0.4) is 0 Å². The highest BCUT2D eigenvalue weighted by Crippen LogP contribution is 2.26. The Bertz CT molecular complexity index is 434. The molecule has 1 aromatic heterocycles. The molecule has 0 amide bonds. The van der Waals surface area contributed by atoms with E-state index in [0.29, 0.717) is 10.4 Å². The molecule has 0 saturated heterocycles. The molecule has 0 saturated carbocycles. The Morgan fingerprint density at radius 2 is 2.13 bits per heavy atom. The van der Waals surface area contributed by atoms with E-state index in [0.717, 1.165) is 0 Å². The van der Waals surface area contributed by atoms with E-state index in [1.807, 2.05) is 0 Å². The fourth-order valence-electron chi connectivity index (χ4n) is 1.33. The van der Waals surface area contributed by atoms with Crippen LogP contribution in [0.2, 0.25) is 0 Å². The average Bonchev–Trinajstić information content (AvgIpc) is 2.44. The molecule has 4 nitrogen and oxygen atoms in total. The lowest BCUT2D eigenvalue weighted by atomic mass is 10.3. The molecule has 0 radical (unpaired) electrons. The van der Waals surface area contributed by atoms with Crippen molar-refractivity contribution in [1.82, 2.24) is 4.72 Å². The molecule has 0 aliphatic heterocycles. The number of thiophene rings is 1. The molecule has 0 aromatic carbocycles. The Morgan fingerprint density at radius 3 is 2.60 bits per heavy atom. The van der Waals surface area contributed by atoms with Gasteiger partial charge in [0, 0.05) is 6.04 Å². The minimum atomic E-state index is -3.49. The summed E-state index contributed by atoms with van der Waals surface area (Å²) in [7, 11) is -3.49. The van der Waals surface area contributed by atoms with Gasteiger partial charge in [0.1, 0.15) is 4.90 Å². The van der Waals surface area contributed by atoms with Crippen molar-refractivity contribution >= 4 is 21.4 Å². The van der Waals surface area contributed by atoms with Crippen molar-refractivity contribution in [3.63, 3.8) is 0 Å². The molecule has 0 aliphatic carbocycles. The van der Waals surface area contributed by atoms with E-state index in [2.05, 4.69) is 4.72 Å². The lowest BCUT2D eigenvalue weighted by Gasteiger charge is -2.10. The SMILES string of the molecule is Cc1csc(CO)c1S(=O)(=O)NC(C)C. The van der Waals surface area contributed by atoms with E-state index in [4.69, 9.17) is 5.11 Å². The van der Waals surface area contributed by atoms with Gasteiger partial charge < -0.3 is 5.11 Å². The zero-order chi connectivity index (χ0) is 11.6. The number of hydrogen-bond donors (Lipinski definition) is 2. The molecule has 1 rings (SSSR count). The van der Waals surface area contributed by atoms with E-state index in [1.165, 1.54) is 11.3 Å². The van der Waals surface area contributed by atoms with E-state index >= 15 is 0 Å². The topological polar surface area (TPSA) is 66.4 Å². The summed E-state index contributed by atoms with van der Waals surface area (Å²) < 4.78 is 26.3. The number of sulfonamides is 1. The van der Waals surface area contributed by atoms with Crippen LogP contribution >= 0.6 is 11.3 Å². The molecular formula is C9H15NO3S2. The van der Waals surface area contributed by atoms with Gasteiger partial charge in [-0.05, 0) is 31.7 Å². The lowest BCUT2D eigenvalue weighted by Crippen LogP contribution is -2.31. The third-order valence-corrected chi connectivity index (χ3v) is 4.90. The highest BCUT2D eigenvalue weighted by atomic mass is 32.2. The lowest BCUT2D eigenvalue weighted by molar-refractivity contribution is 0.282. The minimum absolute atomic E-state index is 0.152. The number of rotatable bonds is 4. The van der Waals surface area contributed by atoms with Crippen LogP contribution in [0.4, 0.5) is 0 Å². The van der Waals surface area contributed by atoms with E-state index < -0.39 is 10.0 Å². The van der Waals surface area contributed by atoms with Crippen LogP contribution in [0.25, 0.3) is 0 Å². The Balaban J connectivity index is 3.20. The zero-order valence-electron chi connectivity index (χ0n) is 8.94. The second kappa shape index (κ2) is 4.61. The summed E-state index contributed by atoms with van der Waals surface area (Å²) in [6.07, 6.45) is 0. The molecule has 1 aromatic rings. The van der Waals surface area contributed by atoms with Gasteiger partial charge in [-0.1, -0.05) is 0 Å². The molecule has 0 spiro atoms. The van der Waals surface area contributed by atoms with E-state index in [9.17, 15) is 8.42 Å². The van der Waals surface area contributed by atoms with Crippen LogP contribution in [0.5, 0.6) is 0 Å². The van der Waals surface area contributed by atoms with Gasteiger partial charge >= 0.3 is 0 Å². The molecule has 0 fully saturated rings. The summed E-state index contributed by atoms with van der Waals surface area (Å²) in [6.45, 7) is 5.01. The van der Waals surface area contributed by atoms with Crippen molar-refractivity contribution in [2.75, 3.05) is 0 Å². The second-order valence-corrected chi connectivity index (χ2v) is 6.22. The Kier molecular flexibility index (Phi) is 3.88. The first-order valence-corrected chi connectivity index (χ1v) is 6.95. The Labute approximate surface area is 94.0 Å². The van der Waals surface area contributed by atoms with Gasteiger partial charge in [0.15, 0.2) is 0 Å². The predicted molar refractivity (Wildman–Crippen MR) is 60.4 cm³/mol. The van der Waals surface area contributed by atoms with Crippen molar-refractivity contribution in [1.29, 1.82) is 0 Å². The third kappa shape index (κ3) is 2.78. The summed E-state index contributed by atoms with van der Waals surface area (Å²) in [5.74, 6) is 0. The Morgan fingerprint density at radius 1 is 1.53 bits per heavy atom. The number of aliphatic hydroxyl groups is 1. The van der Waals surface area contributed by atoms with Crippen LogP contribution in [0.1, 0.15) is 24.3 Å². The van der Waals surface area contributed by atoms with Crippen molar-refractivity contribution in [3.8, 4) is 0 Å². The van der Waals surface area contributed by atoms with Gasteiger partial charge in [-0.25, -0.2) is 13.1 Å². The van der Waals surface area contributed by atoms with Crippen LogP contribution in [0.15, 0.2) is 10.3 Å². The van der Waals surface area contributed by atoms with Gasteiger partial charge in [-0.2, -0.15) is 0 Å². The maximum Gasteiger partial charge on any atom is 0.242 e. The monoisotopic (exact) mass is 249 g/mol. The van der Waals surface area contributed by atoms with Crippen molar-refractivity contribution in [2.45, 2.75) is 38.3 Å². The number of hydrogen-bond acceptors (Lipinski definition) is 4. The van der Waals surface area contributed by atoms with E-state index in [1.54, 1.807) is 26.2 Å². The molecule has 0 aliphatic rings.